The molecule has 21 heavy (non-hydrogen) atoms. The summed E-state index contributed by atoms with van der Waals surface area (Å²) in [6.45, 7) is 3.49. The van der Waals surface area contributed by atoms with E-state index in [1.54, 1.807) is 0 Å². The number of primary amides is 1. The van der Waals surface area contributed by atoms with Crippen LogP contribution in [-0.2, 0) is 9.59 Å². The van der Waals surface area contributed by atoms with Crippen molar-refractivity contribution >= 4 is 17.9 Å². The Morgan fingerprint density at radius 2 is 1.86 bits per heavy atom. The summed E-state index contributed by atoms with van der Waals surface area (Å²) >= 11 is 0. The van der Waals surface area contributed by atoms with Gasteiger partial charge in [-0.15, -0.1) is 0 Å². The fraction of sp³-hybridized carbons (Fsp3) is 0.769. The van der Waals surface area contributed by atoms with E-state index in [0.29, 0.717) is 6.54 Å². The van der Waals surface area contributed by atoms with Crippen LogP contribution in [0.2, 0.25) is 0 Å². The second-order valence-corrected chi connectivity index (χ2v) is 5.35. The number of carboxylic acids is 1. The van der Waals surface area contributed by atoms with E-state index >= 15 is 0 Å². The van der Waals surface area contributed by atoms with Crippen LogP contribution < -0.4 is 11.1 Å². The van der Waals surface area contributed by atoms with E-state index in [0.717, 1.165) is 30.8 Å². The highest BCUT2D eigenvalue weighted by atomic mass is 16.4. The molecular weight excluding hydrogens is 276 g/mol. The molecule has 1 saturated heterocycles. The molecule has 4 N–H and O–H groups in total. The minimum absolute atomic E-state index is 0.175. The molecule has 0 radical (unpaired) electrons. The molecule has 0 saturated carbocycles. The Labute approximate surface area is 124 Å². The molecule has 0 aromatic carbocycles. The number of urea groups is 1. The van der Waals surface area contributed by atoms with Crippen LogP contribution in [0.25, 0.3) is 0 Å². The fourth-order valence-corrected chi connectivity index (χ4v) is 2.39. The monoisotopic (exact) mass is 300 g/mol. The summed E-state index contributed by atoms with van der Waals surface area (Å²) in [6.07, 6.45) is 3.55. The molecule has 1 heterocycles. The molecule has 0 aliphatic carbocycles. The topological polar surface area (TPSA) is 116 Å². The number of nitrogens with one attached hydrogen (secondary N) is 1. The van der Waals surface area contributed by atoms with Gasteiger partial charge in [0.25, 0.3) is 0 Å². The Balaban J connectivity index is 2.44. The van der Waals surface area contributed by atoms with Crippen LogP contribution in [0, 0.1) is 0 Å². The first-order valence-electron chi connectivity index (χ1n) is 7.17. The van der Waals surface area contributed by atoms with E-state index < -0.39 is 31.0 Å². The first-order valence-corrected chi connectivity index (χ1v) is 7.17. The standard InChI is InChI=1S/C13H24N4O4/c1-10(16-5-3-2-4-6-16)7-15-13(21)17(8-11(14)18)9-12(19)20/h10H,2-9H2,1H3,(H2,14,18)(H,15,21)(H,19,20). The molecule has 8 heteroatoms. The van der Waals surface area contributed by atoms with Gasteiger partial charge < -0.3 is 21.1 Å². The van der Waals surface area contributed by atoms with E-state index in [4.69, 9.17) is 10.8 Å². The second kappa shape index (κ2) is 8.46. The van der Waals surface area contributed by atoms with Gasteiger partial charge in [0, 0.05) is 12.6 Å². The molecule has 1 aliphatic heterocycles. The molecule has 8 nitrogen and oxygen atoms in total. The smallest absolute Gasteiger partial charge is 0.323 e. The molecule has 3 amide bonds. The lowest BCUT2D eigenvalue weighted by atomic mass is 10.1. The number of hydrogen-bond acceptors (Lipinski definition) is 4. The number of carbonyl (C=O) groups excluding carboxylic acids is 2. The normalized spacial score (nSPS) is 17.0. The van der Waals surface area contributed by atoms with Gasteiger partial charge in [-0.1, -0.05) is 6.42 Å². The number of likely N-dealkylation sites (tertiary alicyclic amines) is 1. The highest BCUT2D eigenvalue weighted by Crippen LogP contribution is 2.11. The lowest BCUT2D eigenvalue weighted by molar-refractivity contribution is -0.137. The minimum Gasteiger partial charge on any atom is -0.480 e. The van der Waals surface area contributed by atoms with Gasteiger partial charge in [0.05, 0.1) is 0 Å². The van der Waals surface area contributed by atoms with Crippen molar-refractivity contribution in [3.63, 3.8) is 0 Å². The number of piperidine rings is 1. The van der Waals surface area contributed by atoms with Crippen LogP contribution in [-0.4, -0.2) is 71.6 Å². The average molecular weight is 300 g/mol. The molecule has 1 atom stereocenters. The molecule has 0 spiro atoms. The molecule has 1 rings (SSSR count). The van der Waals surface area contributed by atoms with Crippen molar-refractivity contribution in [3.05, 3.63) is 0 Å². The third-order valence-electron chi connectivity index (χ3n) is 3.52. The Kier molecular flexibility index (Phi) is 6.93. The van der Waals surface area contributed by atoms with E-state index in [2.05, 4.69) is 10.2 Å². The van der Waals surface area contributed by atoms with Gasteiger partial charge in [0.2, 0.25) is 5.91 Å². The van der Waals surface area contributed by atoms with Crippen molar-refractivity contribution in [3.8, 4) is 0 Å². The van der Waals surface area contributed by atoms with Crippen molar-refractivity contribution in [2.45, 2.75) is 32.2 Å². The van der Waals surface area contributed by atoms with Crippen molar-refractivity contribution < 1.29 is 19.5 Å². The Bertz CT molecular complexity index is 366. The second-order valence-electron chi connectivity index (χ2n) is 5.35. The number of carboxylic acid groups (broad SMARTS) is 1. The third kappa shape index (κ3) is 6.44. The van der Waals surface area contributed by atoms with Crippen LogP contribution in [0.1, 0.15) is 26.2 Å². The quantitative estimate of drug-likeness (QED) is 0.583. The largest absolute Gasteiger partial charge is 0.480 e. The molecule has 1 unspecified atom stereocenters. The maximum absolute atomic E-state index is 11.9. The van der Waals surface area contributed by atoms with Gasteiger partial charge in [0.15, 0.2) is 0 Å². The molecule has 1 fully saturated rings. The number of nitrogens with two attached hydrogens (primary N) is 1. The van der Waals surface area contributed by atoms with Crippen molar-refractivity contribution in [1.29, 1.82) is 0 Å². The first-order chi connectivity index (χ1) is 9.90. The summed E-state index contributed by atoms with van der Waals surface area (Å²) in [6, 6.07) is -0.408. The molecule has 0 bridgehead atoms. The van der Waals surface area contributed by atoms with E-state index in [9.17, 15) is 14.4 Å². The summed E-state index contributed by atoms with van der Waals surface area (Å²) in [5.74, 6) is -1.93. The van der Waals surface area contributed by atoms with Gasteiger partial charge in [0.1, 0.15) is 13.1 Å². The Morgan fingerprint density at radius 3 is 2.38 bits per heavy atom. The van der Waals surface area contributed by atoms with Crippen LogP contribution >= 0.6 is 0 Å². The molecule has 0 aromatic rings. The summed E-state index contributed by atoms with van der Waals surface area (Å²) in [5.41, 5.74) is 5.02. The molecular formula is C13H24N4O4. The van der Waals surface area contributed by atoms with E-state index in [1.165, 1.54) is 6.42 Å². The fourth-order valence-electron chi connectivity index (χ4n) is 2.39. The number of nitrogens with zero attached hydrogens (tertiary/aromatic N) is 2. The van der Waals surface area contributed by atoms with E-state index in [1.807, 2.05) is 6.92 Å². The van der Waals surface area contributed by atoms with Gasteiger partial charge in [-0.05, 0) is 32.9 Å². The zero-order valence-corrected chi connectivity index (χ0v) is 12.4. The molecule has 0 aromatic heterocycles. The van der Waals surface area contributed by atoms with E-state index in [-0.39, 0.29) is 6.04 Å². The average Bonchev–Trinajstić information content (AvgIpc) is 2.43. The van der Waals surface area contributed by atoms with Crippen LogP contribution in [0.3, 0.4) is 0 Å². The summed E-state index contributed by atoms with van der Waals surface area (Å²) in [4.78, 5) is 36.7. The SMILES string of the molecule is CC(CNC(=O)N(CC(N)=O)CC(=O)O)N1CCCCC1. The lowest BCUT2D eigenvalue weighted by Crippen LogP contribution is -2.50. The summed E-state index contributed by atoms with van der Waals surface area (Å²) < 4.78 is 0. The number of hydrogen-bond donors (Lipinski definition) is 3. The predicted molar refractivity (Wildman–Crippen MR) is 76.7 cm³/mol. The Morgan fingerprint density at radius 1 is 1.24 bits per heavy atom. The van der Waals surface area contributed by atoms with Crippen molar-refractivity contribution in [1.82, 2.24) is 15.1 Å². The minimum atomic E-state index is -1.18. The number of aliphatic carboxylic acids is 1. The van der Waals surface area contributed by atoms with Gasteiger partial charge >= 0.3 is 12.0 Å². The molecule has 1 aliphatic rings. The van der Waals surface area contributed by atoms with Crippen molar-refractivity contribution in [2.75, 3.05) is 32.7 Å². The van der Waals surface area contributed by atoms with Gasteiger partial charge in [-0.25, -0.2) is 4.79 Å². The van der Waals surface area contributed by atoms with Crippen LogP contribution in [0.15, 0.2) is 0 Å². The first kappa shape index (κ1) is 17.2. The van der Waals surface area contributed by atoms with Gasteiger partial charge in [-0.2, -0.15) is 0 Å². The van der Waals surface area contributed by atoms with Crippen molar-refractivity contribution in [2.24, 2.45) is 5.73 Å². The zero-order valence-electron chi connectivity index (χ0n) is 12.4. The number of carbonyl (C=O) groups is 3. The zero-order chi connectivity index (χ0) is 15.8. The van der Waals surface area contributed by atoms with Gasteiger partial charge in [-0.3, -0.25) is 14.5 Å². The highest BCUT2D eigenvalue weighted by molar-refractivity contribution is 5.85. The number of rotatable bonds is 7. The predicted octanol–water partition coefficient (Wildman–Crippen LogP) is -0.558. The third-order valence-corrected chi connectivity index (χ3v) is 3.52. The maximum atomic E-state index is 11.9. The number of amides is 3. The maximum Gasteiger partial charge on any atom is 0.323 e. The summed E-state index contributed by atoms with van der Waals surface area (Å²) in [7, 11) is 0. The van der Waals surface area contributed by atoms with Crippen LogP contribution in [0.5, 0.6) is 0 Å². The summed E-state index contributed by atoms with van der Waals surface area (Å²) in [5, 5.41) is 11.4. The van der Waals surface area contributed by atoms with Crippen LogP contribution in [0.4, 0.5) is 4.79 Å². The Hall–Kier alpha value is -1.83. The molecule has 120 valence electrons. The highest BCUT2D eigenvalue weighted by Gasteiger charge is 2.21. The lowest BCUT2D eigenvalue weighted by Gasteiger charge is -2.32.